The quantitative estimate of drug-likeness (QED) is 0.573. The maximum Gasteiger partial charge on any atom is 0.272 e. The van der Waals surface area contributed by atoms with Gasteiger partial charge in [-0.2, -0.15) is 0 Å². The van der Waals surface area contributed by atoms with Crippen LogP contribution >= 0.6 is 0 Å². The molecule has 0 unspecified atom stereocenters. The summed E-state index contributed by atoms with van der Waals surface area (Å²) in [4.78, 5) is 10.5. The summed E-state index contributed by atoms with van der Waals surface area (Å²) in [6, 6.07) is 5.65. The summed E-state index contributed by atoms with van der Waals surface area (Å²) < 4.78 is 0. The van der Waals surface area contributed by atoms with Crippen molar-refractivity contribution in [3.63, 3.8) is 0 Å². The summed E-state index contributed by atoms with van der Waals surface area (Å²) in [5, 5.41) is 10.8. The van der Waals surface area contributed by atoms with E-state index in [1.54, 1.807) is 6.07 Å². The highest BCUT2D eigenvalue weighted by Crippen LogP contribution is 2.35. The van der Waals surface area contributed by atoms with Gasteiger partial charge in [0.25, 0.3) is 5.69 Å². The number of aryl methyl sites for hydroxylation is 1. The molecule has 0 saturated heterocycles. The first-order valence-electron chi connectivity index (χ1n) is 5.99. The van der Waals surface area contributed by atoms with Gasteiger partial charge in [-0.1, -0.05) is 25.8 Å². The minimum Gasteiger partial charge on any atom is -0.258 e. The van der Waals surface area contributed by atoms with Crippen molar-refractivity contribution in [3.05, 3.63) is 39.4 Å². The minimum atomic E-state index is -0.280. The Bertz CT molecular complexity index is 395. The molecular formula is C13H17NO2. The van der Waals surface area contributed by atoms with Gasteiger partial charge < -0.3 is 0 Å². The molecule has 2 rings (SSSR count). The molecule has 0 aliphatic heterocycles. The maximum atomic E-state index is 10.8. The molecule has 0 radical (unpaired) electrons. The highest BCUT2D eigenvalue weighted by Gasteiger charge is 2.20. The van der Waals surface area contributed by atoms with E-state index in [0.717, 1.165) is 12.0 Å². The van der Waals surface area contributed by atoms with E-state index in [9.17, 15) is 10.1 Å². The molecule has 1 saturated carbocycles. The van der Waals surface area contributed by atoms with Gasteiger partial charge in [-0.15, -0.1) is 0 Å². The van der Waals surface area contributed by atoms with Crippen LogP contribution in [0.4, 0.5) is 5.69 Å². The fraction of sp³-hybridized carbons (Fsp3) is 0.538. The highest BCUT2D eigenvalue weighted by atomic mass is 16.6. The van der Waals surface area contributed by atoms with Crippen LogP contribution in [0.5, 0.6) is 0 Å². The van der Waals surface area contributed by atoms with Gasteiger partial charge in [0.1, 0.15) is 0 Å². The Morgan fingerprint density at radius 3 is 2.62 bits per heavy atom. The van der Waals surface area contributed by atoms with Gasteiger partial charge in [0.2, 0.25) is 0 Å². The Kier molecular flexibility index (Phi) is 3.22. The molecule has 1 fully saturated rings. The van der Waals surface area contributed by atoms with Gasteiger partial charge in [-0.05, 0) is 36.8 Å². The molecule has 0 aromatic heterocycles. The molecule has 1 aromatic rings. The number of hydrogen-bond acceptors (Lipinski definition) is 2. The summed E-state index contributed by atoms with van der Waals surface area (Å²) in [6.07, 6.45) is 5.80. The third kappa shape index (κ3) is 2.08. The zero-order chi connectivity index (χ0) is 11.5. The largest absolute Gasteiger partial charge is 0.272 e. The maximum absolute atomic E-state index is 10.8. The van der Waals surface area contributed by atoms with Crippen molar-refractivity contribution in [1.82, 2.24) is 0 Å². The normalized spacial score (nSPS) is 16.6. The van der Waals surface area contributed by atoms with E-state index < -0.39 is 0 Å². The van der Waals surface area contributed by atoms with Crippen molar-refractivity contribution in [3.8, 4) is 0 Å². The number of hydrogen-bond donors (Lipinski definition) is 0. The average Bonchev–Trinajstić information content (AvgIpc) is 2.81. The second kappa shape index (κ2) is 4.64. The Balaban J connectivity index is 2.32. The van der Waals surface area contributed by atoms with Crippen LogP contribution in [0.15, 0.2) is 18.2 Å². The molecule has 0 N–H and O–H groups in total. The summed E-state index contributed by atoms with van der Waals surface area (Å²) in [5.41, 5.74) is 2.43. The van der Waals surface area contributed by atoms with Crippen LogP contribution in [0, 0.1) is 10.1 Å². The van der Waals surface area contributed by atoms with Crippen LogP contribution in [0.2, 0.25) is 0 Å². The van der Waals surface area contributed by atoms with Crippen LogP contribution in [-0.2, 0) is 6.42 Å². The zero-order valence-electron chi connectivity index (χ0n) is 9.61. The van der Waals surface area contributed by atoms with E-state index in [0.29, 0.717) is 5.92 Å². The first kappa shape index (κ1) is 11.1. The SMILES string of the molecule is CCc1cc(C2CCCC2)ccc1[N+](=O)[O-]. The Morgan fingerprint density at radius 1 is 1.38 bits per heavy atom. The van der Waals surface area contributed by atoms with Crippen molar-refractivity contribution in [2.45, 2.75) is 44.9 Å². The first-order chi connectivity index (χ1) is 7.72. The number of benzene rings is 1. The summed E-state index contributed by atoms with van der Waals surface area (Å²) in [5.74, 6) is 0.631. The number of nitro benzene ring substituents is 1. The lowest BCUT2D eigenvalue weighted by molar-refractivity contribution is -0.385. The molecule has 1 aromatic carbocycles. The smallest absolute Gasteiger partial charge is 0.258 e. The lowest BCUT2D eigenvalue weighted by Gasteiger charge is -2.10. The van der Waals surface area contributed by atoms with Gasteiger partial charge in [0.15, 0.2) is 0 Å². The molecule has 16 heavy (non-hydrogen) atoms. The topological polar surface area (TPSA) is 43.1 Å². The molecule has 0 atom stereocenters. The zero-order valence-corrected chi connectivity index (χ0v) is 9.61. The minimum absolute atomic E-state index is 0.268. The monoisotopic (exact) mass is 219 g/mol. The molecule has 86 valence electrons. The summed E-state index contributed by atoms with van der Waals surface area (Å²) in [7, 11) is 0. The lowest BCUT2D eigenvalue weighted by Crippen LogP contribution is -1.98. The van der Waals surface area contributed by atoms with Crippen molar-refractivity contribution >= 4 is 5.69 Å². The van der Waals surface area contributed by atoms with Crippen molar-refractivity contribution in [1.29, 1.82) is 0 Å². The summed E-state index contributed by atoms with van der Waals surface area (Å²) in [6.45, 7) is 1.97. The molecule has 0 spiro atoms. The van der Waals surface area contributed by atoms with Gasteiger partial charge in [0, 0.05) is 11.6 Å². The van der Waals surface area contributed by atoms with Gasteiger partial charge >= 0.3 is 0 Å². The summed E-state index contributed by atoms with van der Waals surface area (Å²) >= 11 is 0. The second-order valence-electron chi connectivity index (χ2n) is 4.48. The Labute approximate surface area is 95.6 Å². The predicted molar refractivity (Wildman–Crippen MR) is 63.7 cm³/mol. The molecule has 3 heteroatoms. The Morgan fingerprint density at radius 2 is 2.06 bits per heavy atom. The van der Waals surface area contributed by atoms with Crippen LogP contribution in [0.1, 0.15) is 49.7 Å². The fourth-order valence-corrected chi connectivity index (χ4v) is 2.58. The van der Waals surface area contributed by atoms with Crippen molar-refractivity contribution in [2.24, 2.45) is 0 Å². The molecule has 0 heterocycles. The van der Waals surface area contributed by atoms with E-state index in [4.69, 9.17) is 0 Å². The van der Waals surface area contributed by atoms with Gasteiger partial charge in [0.05, 0.1) is 4.92 Å². The van der Waals surface area contributed by atoms with E-state index >= 15 is 0 Å². The first-order valence-corrected chi connectivity index (χ1v) is 5.99. The van der Waals surface area contributed by atoms with Gasteiger partial charge in [-0.3, -0.25) is 10.1 Å². The Hall–Kier alpha value is -1.38. The van der Waals surface area contributed by atoms with Crippen LogP contribution in [0.25, 0.3) is 0 Å². The molecular weight excluding hydrogens is 202 g/mol. The van der Waals surface area contributed by atoms with E-state index in [-0.39, 0.29) is 10.6 Å². The van der Waals surface area contributed by atoms with Gasteiger partial charge in [-0.25, -0.2) is 0 Å². The van der Waals surface area contributed by atoms with E-state index in [1.807, 2.05) is 19.1 Å². The average molecular weight is 219 g/mol. The van der Waals surface area contributed by atoms with E-state index in [2.05, 4.69) is 0 Å². The third-order valence-corrected chi connectivity index (χ3v) is 3.51. The standard InChI is InChI=1S/C13H17NO2/c1-2-10-9-12(11-5-3-4-6-11)7-8-13(10)14(15)16/h7-9,11H,2-6H2,1H3. The molecule has 0 amide bonds. The molecule has 0 bridgehead atoms. The second-order valence-corrected chi connectivity index (χ2v) is 4.48. The lowest BCUT2D eigenvalue weighted by atomic mass is 9.94. The molecule has 1 aliphatic rings. The molecule has 1 aliphatic carbocycles. The number of rotatable bonds is 3. The predicted octanol–water partition coefficient (Wildman–Crippen LogP) is 3.81. The van der Waals surface area contributed by atoms with Crippen LogP contribution in [-0.4, -0.2) is 4.92 Å². The fourth-order valence-electron chi connectivity index (χ4n) is 2.58. The number of nitro groups is 1. The third-order valence-electron chi connectivity index (χ3n) is 3.51. The highest BCUT2D eigenvalue weighted by molar-refractivity contribution is 5.43. The number of nitrogens with zero attached hydrogens (tertiary/aromatic N) is 1. The van der Waals surface area contributed by atoms with Crippen LogP contribution in [0.3, 0.4) is 0 Å². The van der Waals surface area contributed by atoms with Crippen molar-refractivity contribution in [2.75, 3.05) is 0 Å². The van der Waals surface area contributed by atoms with E-state index in [1.165, 1.54) is 31.2 Å². The van der Waals surface area contributed by atoms with Crippen LogP contribution < -0.4 is 0 Å². The van der Waals surface area contributed by atoms with Crippen molar-refractivity contribution < 1.29 is 4.92 Å². The molecule has 3 nitrogen and oxygen atoms in total.